The van der Waals surface area contributed by atoms with Crippen LogP contribution in [0.1, 0.15) is 28.1 Å². The highest BCUT2D eigenvalue weighted by atomic mass is 19.1. The van der Waals surface area contributed by atoms with Crippen LogP contribution < -0.4 is 0 Å². The van der Waals surface area contributed by atoms with Crippen LogP contribution in [0.4, 0.5) is 4.39 Å². The average molecular weight is 393 g/mol. The normalized spacial score (nSPS) is 15.3. The van der Waals surface area contributed by atoms with E-state index >= 15 is 0 Å². The van der Waals surface area contributed by atoms with Gasteiger partial charge in [0, 0.05) is 44.5 Å². The van der Waals surface area contributed by atoms with Crippen molar-refractivity contribution in [2.75, 3.05) is 26.2 Å². The molecule has 4 rings (SSSR count). The molecule has 0 bridgehead atoms. The van der Waals surface area contributed by atoms with E-state index in [9.17, 15) is 9.18 Å². The number of benzene rings is 1. The molecule has 0 aliphatic carbocycles. The smallest absolute Gasteiger partial charge is 0.255 e. The Morgan fingerprint density at radius 3 is 2.79 bits per heavy atom. The van der Waals surface area contributed by atoms with E-state index in [0.717, 1.165) is 49.3 Å². The zero-order chi connectivity index (χ0) is 20.2. The average Bonchev–Trinajstić information content (AvgIpc) is 3.03. The minimum absolute atomic E-state index is 0.158. The molecule has 3 heterocycles. The monoisotopic (exact) mass is 393 g/mol. The molecule has 29 heavy (non-hydrogen) atoms. The standard InChI is InChI=1S/C23H24FN3O2/c1-17-6-7-22(29-17)19-5-2-4-18(12-19)16-26-8-3-9-27(11-10-26)23(28)20-13-21(24)15-25-14-20/h2,4-7,12-15H,3,8-11,16H2,1H3. The van der Waals surface area contributed by atoms with Gasteiger partial charge in [-0.15, -0.1) is 0 Å². The maximum atomic E-state index is 13.4. The molecule has 1 aromatic carbocycles. The highest BCUT2D eigenvalue weighted by Gasteiger charge is 2.21. The van der Waals surface area contributed by atoms with Gasteiger partial charge in [0.2, 0.25) is 0 Å². The molecule has 0 spiro atoms. The van der Waals surface area contributed by atoms with Gasteiger partial charge in [-0.1, -0.05) is 18.2 Å². The Labute approximate surface area is 169 Å². The molecule has 1 aliphatic heterocycles. The molecular formula is C23H24FN3O2. The van der Waals surface area contributed by atoms with Crippen molar-refractivity contribution < 1.29 is 13.6 Å². The highest BCUT2D eigenvalue weighted by Crippen LogP contribution is 2.23. The predicted octanol–water partition coefficient (Wildman–Crippen LogP) is 4.14. The predicted molar refractivity (Wildman–Crippen MR) is 109 cm³/mol. The third-order valence-electron chi connectivity index (χ3n) is 5.19. The Balaban J connectivity index is 1.40. The van der Waals surface area contributed by atoms with E-state index in [-0.39, 0.29) is 5.91 Å². The number of nitrogens with zero attached hydrogens (tertiary/aromatic N) is 3. The summed E-state index contributed by atoms with van der Waals surface area (Å²) in [7, 11) is 0. The van der Waals surface area contributed by atoms with Crippen molar-refractivity contribution in [3.8, 4) is 11.3 Å². The lowest BCUT2D eigenvalue weighted by Gasteiger charge is -2.22. The van der Waals surface area contributed by atoms with E-state index in [1.807, 2.05) is 25.1 Å². The third kappa shape index (κ3) is 4.71. The minimum Gasteiger partial charge on any atom is -0.461 e. The van der Waals surface area contributed by atoms with Crippen LogP contribution in [-0.2, 0) is 6.54 Å². The van der Waals surface area contributed by atoms with Gasteiger partial charge in [-0.2, -0.15) is 0 Å². The summed E-state index contributed by atoms with van der Waals surface area (Å²) in [5, 5.41) is 0. The van der Waals surface area contributed by atoms with Crippen LogP contribution in [0, 0.1) is 12.7 Å². The van der Waals surface area contributed by atoms with Gasteiger partial charge in [0.15, 0.2) is 0 Å². The van der Waals surface area contributed by atoms with Gasteiger partial charge in [-0.25, -0.2) is 4.39 Å². The zero-order valence-electron chi connectivity index (χ0n) is 16.5. The van der Waals surface area contributed by atoms with Crippen LogP contribution in [0.3, 0.4) is 0 Å². The molecule has 6 heteroatoms. The summed E-state index contributed by atoms with van der Waals surface area (Å²) < 4.78 is 19.1. The van der Waals surface area contributed by atoms with E-state index in [0.29, 0.717) is 18.7 Å². The van der Waals surface area contributed by atoms with Crippen molar-refractivity contribution in [3.63, 3.8) is 0 Å². The first-order chi connectivity index (χ1) is 14.1. The number of halogens is 1. The molecule has 2 aromatic heterocycles. The first-order valence-corrected chi connectivity index (χ1v) is 9.86. The maximum absolute atomic E-state index is 13.4. The van der Waals surface area contributed by atoms with Crippen LogP contribution in [0.15, 0.2) is 59.3 Å². The van der Waals surface area contributed by atoms with Gasteiger partial charge in [-0.05, 0) is 43.2 Å². The Bertz CT molecular complexity index is 1000. The van der Waals surface area contributed by atoms with Crippen molar-refractivity contribution in [1.82, 2.24) is 14.8 Å². The molecule has 1 aliphatic rings. The Morgan fingerprint density at radius 2 is 2.00 bits per heavy atom. The van der Waals surface area contributed by atoms with E-state index in [1.165, 1.54) is 17.8 Å². The van der Waals surface area contributed by atoms with Crippen molar-refractivity contribution in [1.29, 1.82) is 0 Å². The molecule has 1 fully saturated rings. The molecule has 1 saturated heterocycles. The number of amides is 1. The fourth-order valence-electron chi connectivity index (χ4n) is 3.71. The molecule has 0 N–H and O–H groups in total. The van der Waals surface area contributed by atoms with Crippen LogP contribution in [0.5, 0.6) is 0 Å². The number of pyridine rings is 1. The Kier molecular flexibility index (Phi) is 5.71. The van der Waals surface area contributed by atoms with E-state index in [1.54, 1.807) is 4.90 Å². The third-order valence-corrected chi connectivity index (χ3v) is 5.19. The van der Waals surface area contributed by atoms with Gasteiger partial charge in [-0.3, -0.25) is 14.7 Å². The lowest BCUT2D eigenvalue weighted by Crippen LogP contribution is -2.35. The quantitative estimate of drug-likeness (QED) is 0.669. The molecule has 5 nitrogen and oxygen atoms in total. The second-order valence-corrected chi connectivity index (χ2v) is 7.42. The summed E-state index contributed by atoms with van der Waals surface area (Å²) in [6.45, 7) is 5.73. The molecule has 150 valence electrons. The van der Waals surface area contributed by atoms with Crippen LogP contribution in [0.25, 0.3) is 11.3 Å². The SMILES string of the molecule is Cc1ccc(-c2cccc(CN3CCCN(C(=O)c4cncc(F)c4)CC3)c2)o1. The van der Waals surface area contributed by atoms with Crippen molar-refractivity contribution in [2.24, 2.45) is 0 Å². The molecule has 0 unspecified atom stereocenters. The molecule has 3 aromatic rings. The van der Waals surface area contributed by atoms with E-state index in [4.69, 9.17) is 4.42 Å². The minimum atomic E-state index is -0.487. The van der Waals surface area contributed by atoms with Gasteiger partial charge in [0.05, 0.1) is 11.8 Å². The fraction of sp³-hybridized carbons (Fsp3) is 0.304. The van der Waals surface area contributed by atoms with Crippen molar-refractivity contribution >= 4 is 5.91 Å². The lowest BCUT2D eigenvalue weighted by molar-refractivity contribution is 0.0760. The highest BCUT2D eigenvalue weighted by molar-refractivity contribution is 5.93. The second-order valence-electron chi connectivity index (χ2n) is 7.42. The van der Waals surface area contributed by atoms with Crippen LogP contribution in [0.2, 0.25) is 0 Å². The first kappa shape index (κ1) is 19.3. The number of furan rings is 1. The summed E-state index contributed by atoms with van der Waals surface area (Å²) in [4.78, 5) is 20.6. The molecular weight excluding hydrogens is 369 g/mol. The first-order valence-electron chi connectivity index (χ1n) is 9.86. The van der Waals surface area contributed by atoms with Gasteiger partial charge >= 0.3 is 0 Å². The largest absolute Gasteiger partial charge is 0.461 e. The van der Waals surface area contributed by atoms with Crippen LogP contribution >= 0.6 is 0 Å². The second kappa shape index (κ2) is 8.57. The summed E-state index contributed by atoms with van der Waals surface area (Å²) in [5.41, 5.74) is 2.59. The zero-order valence-corrected chi connectivity index (χ0v) is 16.5. The summed E-state index contributed by atoms with van der Waals surface area (Å²) >= 11 is 0. The van der Waals surface area contributed by atoms with Gasteiger partial charge in [0.1, 0.15) is 17.3 Å². The topological polar surface area (TPSA) is 49.6 Å². The summed E-state index contributed by atoms with van der Waals surface area (Å²) in [6, 6.07) is 13.6. The number of aromatic nitrogens is 1. The van der Waals surface area contributed by atoms with E-state index in [2.05, 4.69) is 28.1 Å². The van der Waals surface area contributed by atoms with Gasteiger partial charge < -0.3 is 9.32 Å². The molecule has 0 radical (unpaired) electrons. The number of rotatable bonds is 4. The molecule has 0 atom stereocenters. The van der Waals surface area contributed by atoms with E-state index < -0.39 is 5.82 Å². The molecule has 0 saturated carbocycles. The van der Waals surface area contributed by atoms with Crippen LogP contribution in [-0.4, -0.2) is 46.9 Å². The van der Waals surface area contributed by atoms with Crippen molar-refractivity contribution in [2.45, 2.75) is 19.9 Å². The Hall–Kier alpha value is -2.99. The number of hydrogen-bond acceptors (Lipinski definition) is 4. The number of hydrogen-bond donors (Lipinski definition) is 0. The number of carbonyl (C=O) groups is 1. The number of aryl methyl sites for hydroxylation is 1. The summed E-state index contributed by atoms with van der Waals surface area (Å²) in [5.74, 6) is 1.13. The number of carbonyl (C=O) groups excluding carboxylic acids is 1. The van der Waals surface area contributed by atoms with Crippen molar-refractivity contribution in [3.05, 3.63) is 77.6 Å². The summed E-state index contributed by atoms with van der Waals surface area (Å²) in [6.07, 6.45) is 3.42. The molecule has 1 amide bonds. The maximum Gasteiger partial charge on any atom is 0.255 e. The van der Waals surface area contributed by atoms with Gasteiger partial charge in [0.25, 0.3) is 5.91 Å². The Morgan fingerprint density at radius 1 is 1.10 bits per heavy atom. The lowest BCUT2D eigenvalue weighted by atomic mass is 10.1. The fourth-order valence-corrected chi connectivity index (χ4v) is 3.71.